The summed E-state index contributed by atoms with van der Waals surface area (Å²) in [5, 5.41) is 24.9. The third kappa shape index (κ3) is 5.31. The van der Waals surface area contributed by atoms with Crippen LogP contribution in [0.2, 0.25) is 0 Å². The van der Waals surface area contributed by atoms with Gasteiger partial charge in [0.25, 0.3) is 11.4 Å². The van der Waals surface area contributed by atoms with Gasteiger partial charge >= 0.3 is 0 Å². The van der Waals surface area contributed by atoms with E-state index in [-0.39, 0.29) is 11.4 Å². The molecule has 0 radical (unpaired) electrons. The summed E-state index contributed by atoms with van der Waals surface area (Å²) in [6.45, 7) is 1.86. The summed E-state index contributed by atoms with van der Waals surface area (Å²) < 4.78 is 11.6. The predicted octanol–water partition coefficient (Wildman–Crippen LogP) is 8.56. The lowest BCUT2D eigenvalue weighted by molar-refractivity contribution is -0.384. The van der Waals surface area contributed by atoms with Gasteiger partial charge < -0.3 is 14.4 Å². The molecule has 0 N–H and O–H groups in total. The van der Waals surface area contributed by atoms with Crippen LogP contribution in [-0.2, 0) is 0 Å². The molecule has 44 heavy (non-hydrogen) atoms. The van der Waals surface area contributed by atoms with E-state index in [1.807, 2.05) is 74.4 Å². The van der Waals surface area contributed by atoms with Gasteiger partial charge in [-0.2, -0.15) is 0 Å². The summed E-state index contributed by atoms with van der Waals surface area (Å²) >= 11 is 0. The molecule has 0 fully saturated rings. The first-order chi connectivity index (χ1) is 21.2. The number of nitro benzene ring substituents is 2. The molecule has 5 rings (SSSR count). The first kappa shape index (κ1) is 29.8. The Hall–Kier alpha value is -5.70. The standard InChI is InChI=1S/C35H31N3O6/c1-22-18-19-30(38(41)42)27(20-22)28-21-26(23-12-7-6-8-13-23)34(36(2)3)33(25-15-11-17-31(43-4)35(25)44-5)32(28)24-14-9-10-16-29(24)37(39)40/h6-21H,1-5H3. The molecule has 0 aliphatic heterocycles. The molecule has 0 saturated heterocycles. The van der Waals surface area contributed by atoms with Crippen LogP contribution in [0.15, 0.2) is 97.1 Å². The Kier molecular flexibility index (Phi) is 8.30. The van der Waals surface area contributed by atoms with Crippen LogP contribution in [0.4, 0.5) is 17.1 Å². The van der Waals surface area contributed by atoms with E-state index in [1.165, 1.54) is 19.2 Å². The SMILES string of the molecule is COc1cccc(-c2c(-c3ccccc3[N+](=O)[O-])c(-c3cc(C)ccc3[N+](=O)[O-])cc(-c3ccccc3)c2N(C)C)c1OC. The van der Waals surface area contributed by atoms with Gasteiger partial charge in [-0.1, -0.05) is 66.2 Å². The number of para-hydroxylation sites is 2. The fraction of sp³-hybridized carbons (Fsp3) is 0.143. The van der Waals surface area contributed by atoms with Gasteiger partial charge in [0.1, 0.15) is 0 Å². The smallest absolute Gasteiger partial charge is 0.277 e. The van der Waals surface area contributed by atoms with Crippen LogP contribution in [0, 0.1) is 27.2 Å². The van der Waals surface area contributed by atoms with Crippen molar-refractivity contribution in [2.45, 2.75) is 6.92 Å². The van der Waals surface area contributed by atoms with Crippen LogP contribution >= 0.6 is 0 Å². The maximum absolute atomic E-state index is 12.5. The van der Waals surface area contributed by atoms with Crippen LogP contribution < -0.4 is 14.4 Å². The highest BCUT2D eigenvalue weighted by atomic mass is 16.6. The Balaban J connectivity index is 2.14. The molecule has 0 atom stereocenters. The molecule has 222 valence electrons. The van der Waals surface area contributed by atoms with Gasteiger partial charge in [-0.05, 0) is 42.3 Å². The van der Waals surface area contributed by atoms with Crippen LogP contribution in [-0.4, -0.2) is 38.2 Å². The lowest BCUT2D eigenvalue weighted by Gasteiger charge is -2.28. The van der Waals surface area contributed by atoms with E-state index in [0.717, 1.165) is 22.4 Å². The van der Waals surface area contributed by atoms with Crippen molar-refractivity contribution in [2.75, 3.05) is 33.2 Å². The third-order valence-corrected chi connectivity index (χ3v) is 7.51. The molecular formula is C35H31N3O6. The molecule has 9 nitrogen and oxygen atoms in total. The summed E-state index contributed by atoms with van der Waals surface area (Å²) in [5.74, 6) is 0.893. The molecule has 0 spiro atoms. The average Bonchev–Trinajstić information content (AvgIpc) is 3.03. The number of hydrogen-bond donors (Lipinski definition) is 0. The monoisotopic (exact) mass is 589 g/mol. The minimum atomic E-state index is -0.434. The van der Waals surface area contributed by atoms with Gasteiger partial charge in [-0.15, -0.1) is 0 Å². The third-order valence-electron chi connectivity index (χ3n) is 7.51. The number of anilines is 1. The lowest BCUT2D eigenvalue weighted by atomic mass is 9.81. The van der Waals surface area contributed by atoms with Gasteiger partial charge in [0.15, 0.2) is 11.5 Å². The average molecular weight is 590 g/mol. The molecule has 0 amide bonds. The van der Waals surface area contributed by atoms with Gasteiger partial charge in [0, 0.05) is 48.5 Å². The first-order valence-corrected chi connectivity index (χ1v) is 13.8. The van der Waals surface area contributed by atoms with Gasteiger partial charge in [0.2, 0.25) is 0 Å². The summed E-state index contributed by atoms with van der Waals surface area (Å²) in [7, 11) is 6.87. The second kappa shape index (κ2) is 12.3. The minimum Gasteiger partial charge on any atom is -0.493 e. The maximum Gasteiger partial charge on any atom is 0.277 e. The van der Waals surface area contributed by atoms with E-state index >= 15 is 0 Å². The maximum atomic E-state index is 12.5. The number of nitrogens with zero attached hydrogens (tertiary/aromatic N) is 3. The van der Waals surface area contributed by atoms with Crippen LogP contribution in [0.25, 0.3) is 44.5 Å². The Morgan fingerprint density at radius 3 is 1.89 bits per heavy atom. The Morgan fingerprint density at radius 2 is 1.25 bits per heavy atom. The van der Waals surface area contributed by atoms with Crippen LogP contribution in [0.1, 0.15) is 5.56 Å². The van der Waals surface area contributed by atoms with Crippen molar-refractivity contribution in [2.24, 2.45) is 0 Å². The molecule has 5 aromatic rings. The number of methoxy groups -OCH3 is 2. The quantitative estimate of drug-likeness (QED) is 0.125. The zero-order chi connectivity index (χ0) is 31.5. The Bertz CT molecular complexity index is 1890. The van der Waals surface area contributed by atoms with E-state index in [2.05, 4.69) is 0 Å². The van der Waals surface area contributed by atoms with Crippen molar-refractivity contribution in [1.29, 1.82) is 0 Å². The zero-order valence-corrected chi connectivity index (χ0v) is 25.0. The minimum absolute atomic E-state index is 0.115. The van der Waals surface area contributed by atoms with Crippen LogP contribution in [0.5, 0.6) is 11.5 Å². The molecule has 0 unspecified atom stereocenters. The highest BCUT2D eigenvalue weighted by molar-refractivity contribution is 6.09. The fourth-order valence-electron chi connectivity index (χ4n) is 5.68. The van der Waals surface area contributed by atoms with E-state index in [9.17, 15) is 20.2 Å². The normalized spacial score (nSPS) is 10.8. The van der Waals surface area contributed by atoms with E-state index in [1.54, 1.807) is 43.5 Å². The molecule has 0 heterocycles. The van der Waals surface area contributed by atoms with E-state index in [0.29, 0.717) is 44.9 Å². The summed E-state index contributed by atoms with van der Waals surface area (Å²) in [5.41, 5.74) is 5.74. The molecular weight excluding hydrogens is 558 g/mol. The lowest BCUT2D eigenvalue weighted by Crippen LogP contribution is -2.13. The Morgan fingerprint density at radius 1 is 0.614 bits per heavy atom. The largest absolute Gasteiger partial charge is 0.493 e. The molecule has 0 saturated carbocycles. The fourth-order valence-corrected chi connectivity index (χ4v) is 5.68. The molecule has 9 heteroatoms. The van der Waals surface area contributed by atoms with Gasteiger partial charge in [-0.25, -0.2) is 0 Å². The van der Waals surface area contributed by atoms with Gasteiger partial charge in [0.05, 0.1) is 40.9 Å². The molecule has 0 aliphatic carbocycles. The van der Waals surface area contributed by atoms with E-state index < -0.39 is 9.85 Å². The number of aryl methyl sites for hydroxylation is 1. The second-order valence-corrected chi connectivity index (χ2v) is 10.4. The topological polar surface area (TPSA) is 108 Å². The van der Waals surface area contributed by atoms with Crippen molar-refractivity contribution in [3.8, 4) is 56.0 Å². The number of hydrogen-bond acceptors (Lipinski definition) is 7. The highest BCUT2D eigenvalue weighted by Crippen LogP contribution is 2.55. The van der Waals surface area contributed by atoms with Crippen molar-refractivity contribution in [3.05, 3.63) is 123 Å². The summed E-state index contributed by atoms with van der Waals surface area (Å²) in [6, 6.07) is 28.4. The highest BCUT2D eigenvalue weighted by Gasteiger charge is 2.31. The van der Waals surface area contributed by atoms with Crippen LogP contribution in [0.3, 0.4) is 0 Å². The van der Waals surface area contributed by atoms with Crippen molar-refractivity contribution in [1.82, 2.24) is 0 Å². The molecule has 5 aromatic carbocycles. The number of nitro groups is 2. The van der Waals surface area contributed by atoms with Crippen molar-refractivity contribution in [3.63, 3.8) is 0 Å². The number of rotatable bonds is 9. The second-order valence-electron chi connectivity index (χ2n) is 10.4. The van der Waals surface area contributed by atoms with E-state index in [4.69, 9.17) is 9.47 Å². The molecule has 0 aromatic heterocycles. The molecule has 0 aliphatic rings. The summed E-state index contributed by atoms with van der Waals surface area (Å²) in [4.78, 5) is 26.0. The van der Waals surface area contributed by atoms with Crippen molar-refractivity contribution >= 4 is 17.1 Å². The van der Waals surface area contributed by atoms with Gasteiger partial charge in [-0.3, -0.25) is 20.2 Å². The first-order valence-electron chi connectivity index (χ1n) is 13.8. The zero-order valence-electron chi connectivity index (χ0n) is 25.0. The number of ether oxygens (including phenoxy) is 2. The molecule has 0 bridgehead atoms. The summed E-state index contributed by atoms with van der Waals surface area (Å²) in [6.07, 6.45) is 0. The number of benzene rings is 5. The predicted molar refractivity (Wildman–Crippen MR) is 174 cm³/mol. The van der Waals surface area contributed by atoms with Crippen molar-refractivity contribution < 1.29 is 19.3 Å². The Labute approximate surface area is 255 Å².